The Bertz CT molecular complexity index is 364. The van der Waals surface area contributed by atoms with E-state index in [9.17, 15) is 4.39 Å². The summed E-state index contributed by atoms with van der Waals surface area (Å²) in [6, 6.07) is 4.98. The van der Waals surface area contributed by atoms with Crippen molar-refractivity contribution in [1.82, 2.24) is 5.32 Å². The average molecular weight is 239 g/mol. The maximum atomic E-state index is 13.6. The van der Waals surface area contributed by atoms with Crippen LogP contribution in [-0.2, 0) is 0 Å². The summed E-state index contributed by atoms with van der Waals surface area (Å²) in [5.41, 5.74) is 0. The highest BCUT2D eigenvalue weighted by molar-refractivity contribution is 5.33. The summed E-state index contributed by atoms with van der Waals surface area (Å²) in [6.07, 6.45) is 3.53. The first kappa shape index (κ1) is 12.2. The van der Waals surface area contributed by atoms with Crippen LogP contribution in [0.2, 0.25) is 0 Å². The van der Waals surface area contributed by atoms with Gasteiger partial charge < -0.3 is 14.8 Å². The molecule has 0 radical (unpaired) electrons. The van der Waals surface area contributed by atoms with Crippen molar-refractivity contribution in [3.8, 4) is 11.5 Å². The first-order valence-electron chi connectivity index (χ1n) is 5.99. The zero-order chi connectivity index (χ0) is 12.1. The molecule has 1 heterocycles. The van der Waals surface area contributed by atoms with Gasteiger partial charge in [0.2, 0.25) is 0 Å². The number of ether oxygens (including phenoxy) is 2. The lowest BCUT2D eigenvalue weighted by atomic mass is 10.1. The standard InChI is InChI=1S/C13H18FNO2/c1-16-11-5-6-13(12(14)8-11)17-9-10-4-2-3-7-15-10/h5-6,8,10,15H,2-4,7,9H2,1H3. The van der Waals surface area contributed by atoms with Gasteiger partial charge in [-0.25, -0.2) is 4.39 Å². The van der Waals surface area contributed by atoms with Crippen LogP contribution in [0, 0.1) is 5.82 Å². The maximum absolute atomic E-state index is 13.6. The van der Waals surface area contributed by atoms with Gasteiger partial charge >= 0.3 is 0 Å². The van der Waals surface area contributed by atoms with E-state index in [0.29, 0.717) is 18.4 Å². The van der Waals surface area contributed by atoms with Gasteiger partial charge in [0.1, 0.15) is 12.4 Å². The zero-order valence-corrected chi connectivity index (χ0v) is 10.0. The summed E-state index contributed by atoms with van der Waals surface area (Å²) >= 11 is 0. The van der Waals surface area contributed by atoms with Gasteiger partial charge in [0.15, 0.2) is 11.6 Å². The van der Waals surface area contributed by atoms with Crippen LogP contribution in [0.4, 0.5) is 4.39 Å². The number of benzene rings is 1. The number of piperidine rings is 1. The predicted octanol–water partition coefficient (Wildman–Crippen LogP) is 2.36. The lowest BCUT2D eigenvalue weighted by Gasteiger charge is -2.23. The molecule has 0 bridgehead atoms. The molecule has 0 amide bonds. The van der Waals surface area contributed by atoms with E-state index in [1.807, 2.05) is 0 Å². The third-order valence-electron chi connectivity index (χ3n) is 2.99. The predicted molar refractivity (Wildman–Crippen MR) is 64.1 cm³/mol. The van der Waals surface area contributed by atoms with Gasteiger partial charge in [0.05, 0.1) is 7.11 Å². The largest absolute Gasteiger partial charge is 0.497 e. The quantitative estimate of drug-likeness (QED) is 0.875. The van der Waals surface area contributed by atoms with Crippen molar-refractivity contribution in [2.75, 3.05) is 20.3 Å². The molecule has 2 rings (SSSR count). The molecular formula is C13H18FNO2. The van der Waals surface area contributed by atoms with E-state index >= 15 is 0 Å². The van der Waals surface area contributed by atoms with E-state index in [4.69, 9.17) is 9.47 Å². The van der Waals surface area contributed by atoms with Crippen molar-refractivity contribution in [2.24, 2.45) is 0 Å². The monoisotopic (exact) mass is 239 g/mol. The van der Waals surface area contributed by atoms with Crippen molar-refractivity contribution in [2.45, 2.75) is 25.3 Å². The van der Waals surface area contributed by atoms with Crippen LogP contribution in [0.25, 0.3) is 0 Å². The second-order valence-corrected chi connectivity index (χ2v) is 4.25. The highest BCUT2D eigenvalue weighted by Gasteiger charge is 2.14. The van der Waals surface area contributed by atoms with Gasteiger partial charge in [-0.15, -0.1) is 0 Å². The van der Waals surface area contributed by atoms with Crippen LogP contribution in [0.15, 0.2) is 18.2 Å². The van der Waals surface area contributed by atoms with Crippen LogP contribution >= 0.6 is 0 Å². The molecule has 94 valence electrons. The molecule has 1 saturated heterocycles. The molecule has 0 aromatic heterocycles. The second kappa shape index (κ2) is 5.87. The number of methoxy groups -OCH3 is 1. The molecular weight excluding hydrogens is 221 g/mol. The fraction of sp³-hybridized carbons (Fsp3) is 0.538. The molecule has 4 heteroatoms. The summed E-state index contributed by atoms with van der Waals surface area (Å²) in [5, 5.41) is 3.36. The Morgan fingerprint density at radius 1 is 1.41 bits per heavy atom. The molecule has 1 aliphatic rings. The summed E-state index contributed by atoms with van der Waals surface area (Å²) in [6.45, 7) is 1.54. The molecule has 0 aliphatic carbocycles. The molecule has 1 fully saturated rings. The number of hydrogen-bond donors (Lipinski definition) is 1. The van der Waals surface area contributed by atoms with E-state index < -0.39 is 0 Å². The Morgan fingerprint density at radius 3 is 2.94 bits per heavy atom. The normalized spacial score (nSPS) is 20.0. The van der Waals surface area contributed by atoms with Gasteiger partial charge in [-0.3, -0.25) is 0 Å². The second-order valence-electron chi connectivity index (χ2n) is 4.25. The molecule has 1 atom stereocenters. The highest BCUT2D eigenvalue weighted by atomic mass is 19.1. The highest BCUT2D eigenvalue weighted by Crippen LogP contribution is 2.22. The first-order chi connectivity index (χ1) is 8.29. The Labute approximate surface area is 101 Å². The van der Waals surface area contributed by atoms with E-state index in [2.05, 4.69) is 5.32 Å². The Hall–Kier alpha value is -1.29. The minimum atomic E-state index is -0.375. The molecule has 0 saturated carbocycles. The Kier molecular flexibility index (Phi) is 4.20. The zero-order valence-electron chi connectivity index (χ0n) is 10.0. The van der Waals surface area contributed by atoms with E-state index in [1.54, 1.807) is 12.1 Å². The molecule has 1 aromatic rings. The van der Waals surface area contributed by atoms with Crippen molar-refractivity contribution in [3.05, 3.63) is 24.0 Å². The fourth-order valence-electron chi connectivity index (χ4n) is 1.98. The summed E-state index contributed by atoms with van der Waals surface area (Å²) in [5.74, 6) is 0.420. The molecule has 1 unspecified atom stereocenters. The van der Waals surface area contributed by atoms with Crippen LogP contribution in [0.5, 0.6) is 11.5 Å². The first-order valence-corrected chi connectivity index (χ1v) is 5.99. The van der Waals surface area contributed by atoms with Crippen LogP contribution in [-0.4, -0.2) is 26.3 Å². The summed E-state index contributed by atoms with van der Waals surface area (Å²) < 4.78 is 24.0. The van der Waals surface area contributed by atoms with Crippen molar-refractivity contribution in [3.63, 3.8) is 0 Å². The molecule has 17 heavy (non-hydrogen) atoms. The topological polar surface area (TPSA) is 30.5 Å². The molecule has 0 spiro atoms. The third kappa shape index (κ3) is 3.33. The third-order valence-corrected chi connectivity index (χ3v) is 2.99. The van der Waals surface area contributed by atoms with E-state index in [-0.39, 0.29) is 11.6 Å². The minimum absolute atomic E-state index is 0.290. The summed E-state index contributed by atoms with van der Waals surface area (Å²) in [4.78, 5) is 0. The van der Waals surface area contributed by atoms with Gasteiger partial charge in [-0.05, 0) is 31.5 Å². The maximum Gasteiger partial charge on any atom is 0.168 e. The van der Waals surface area contributed by atoms with E-state index in [1.165, 1.54) is 26.0 Å². The Balaban J connectivity index is 1.89. The molecule has 1 aliphatic heterocycles. The number of rotatable bonds is 4. The van der Waals surface area contributed by atoms with Gasteiger partial charge in [0, 0.05) is 12.1 Å². The van der Waals surface area contributed by atoms with Crippen molar-refractivity contribution in [1.29, 1.82) is 0 Å². The van der Waals surface area contributed by atoms with Crippen LogP contribution in [0.1, 0.15) is 19.3 Å². The smallest absolute Gasteiger partial charge is 0.168 e. The van der Waals surface area contributed by atoms with Gasteiger partial charge in [-0.2, -0.15) is 0 Å². The Morgan fingerprint density at radius 2 is 2.29 bits per heavy atom. The van der Waals surface area contributed by atoms with Crippen molar-refractivity contribution >= 4 is 0 Å². The average Bonchev–Trinajstić information content (AvgIpc) is 2.38. The van der Waals surface area contributed by atoms with Gasteiger partial charge in [-0.1, -0.05) is 6.42 Å². The number of hydrogen-bond acceptors (Lipinski definition) is 3. The minimum Gasteiger partial charge on any atom is -0.497 e. The van der Waals surface area contributed by atoms with Gasteiger partial charge in [0.25, 0.3) is 0 Å². The molecule has 1 N–H and O–H groups in total. The van der Waals surface area contributed by atoms with Crippen molar-refractivity contribution < 1.29 is 13.9 Å². The van der Waals surface area contributed by atoms with Crippen LogP contribution in [0.3, 0.4) is 0 Å². The molecule has 1 aromatic carbocycles. The number of halogens is 1. The lowest BCUT2D eigenvalue weighted by Crippen LogP contribution is -2.38. The SMILES string of the molecule is COc1ccc(OCC2CCCCN2)c(F)c1. The summed E-state index contributed by atoms with van der Waals surface area (Å²) in [7, 11) is 1.52. The van der Waals surface area contributed by atoms with E-state index in [0.717, 1.165) is 13.0 Å². The van der Waals surface area contributed by atoms with Crippen LogP contribution < -0.4 is 14.8 Å². The number of nitrogens with one attached hydrogen (secondary N) is 1. The lowest BCUT2D eigenvalue weighted by molar-refractivity contribution is 0.230. The molecule has 3 nitrogen and oxygen atoms in total. The fourth-order valence-corrected chi connectivity index (χ4v) is 1.98.